The molecule has 0 spiro atoms. The first kappa shape index (κ1) is 26.6. The summed E-state index contributed by atoms with van der Waals surface area (Å²) in [6.07, 6.45) is -0.433. The number of halogens is 4. The first-order valence-electron chi connectivity index (χ1n) is 9.73. The number of alkyl halides is 3. The van der Waals surface area contributed by atoms with E-state index in [0.29, 0.717) is 38.1 Å². The molecular weight excluding hydrogens is 516 g/mol. The Hall–Kier alpha value is -1.41. The molecule has 0 amide bonds. The normalized spacial score (nSPS) is 15.4. The highest BCUT2D eigenvalue weighted by Crippen LogP contribution is 2.27. The zero-order valence-corrected chi connectivity index (χ0v) is 19.3. The van der Waals surface area contributed by atoms with E-state index in [1.807, 2.05) is 0 Å². The van der Waals surface area contributed by atoms with E-state index in [1.54, 1.807) is 7.05 Å². The van der Waals surface area contributed by atoms with Crippen LogP contribution in [0.15, 0.2) is 17.3 Å². The molecule has 1 aliphatic heterocycles. The lowest BCUT2D eigenvalue weighted by Crippen LogP contribution is -2.40. The van der Waals surface area contributed by atoms with E-state index in [4.69, 9.17) is 9.47 Å². The summed E-state index contributed by atoms with van der Waals surface area (Å²) in [5.41, 5.74) is -0.973. The van der Waals surface area contributed by atoms with Crippen molar-refractivity contribution in [1.82, 2.24) is 20.6 Å². The van der Waals surface area contributed by atoms with Crippen LogP contribution in [0.1, 0.15) is 25.0 Å². The zero-order chi connectivity index (χ0) is 21.0. The van der Waals surface area contributed by atoms with Crippen molar-refractivity contribution >= 4 is 35.9 Å². The predicted octanol–water partition coefficient (Wildman–Crippen LogP) is 2.52. The molecule has 0 saturated carbocycles. The van der Waals surface area contributed by atoms with Gasteiger partial charge in [0, 0.05) is 59.3 Å². The molecule has 172 valence electrons. The lowest BCUT2D eigenvalue weighted by atomic mass is 10.0. The van der Waals surface area contributed by atoms with Crippen LogP contribution in [-0.4, -0.2) is 69.0 Å². The molecule has 0 aromatic carbocycles. The Kier molecular flexibility index (Phi) is 12.9. The minimum atomic E-state index is -4.49. The zero-order valence-electron chi connectivity index (χ0n) is 17.0. The van der Waals surface area contributed by atoms with Gasteiger partial charge < -0.3 is 25.4 Å². The van der Waals surface area contributed by atoms with Gasteiger partial charge in [0.15, 0.2) is 5.96 Å². The van der Waals surface area contributed by atoms with Crippen LogP contribution in [0.25, 0.3) is 0 Å². The third kappa shape index (κ3) is 10.6. The van der Waals surface area contributed by atoms with Gasteiger partial charge in [0.2, 0.25) is 5.95 Å². The van der Waals surface area contributed by atoms with Gasteiger partial charge in [-0.2, -0.15) is 13.2 Å². The van der Waals surface area contributed by atoms with Crippen molar-refractivity contribution in [3.8, 4) is 0 Å². The van der Waals surface area contributed by atoms with E-state index in [2.05, 4.69) is 30.9 Å². The smallest absolute Gasteiger partial charge is 0.381 e. The van der Waals surface area contributed by atoms with Crippen LogP contribution in [-0.2, 0) is 15.7 Å². The molecule has 1 aromatic heterocycles. The Balaban J connectivity index is 0.00000450. The van der Waals surface area contributed by atoms with Crippen molar-refractivity contribution in [1.29, 1.82) is 0 Å². The molecule has 2 rings (SSSR count). The van der Waals surface area contributed by atoms with Crippen molar-refractivity contribution < 1.29 is 22.6 Å². The second-order valence-corrected chi connectivity index (χ2v) is 6.60. The third-order valence-electron chi connectivity index (χ3n) is 4.32. The Labute approximate surface area is 191 Å². The second kappa shape index (κ2) is 14.6. The SMILES string of the molecule is CN=C(NCCCOCC1CCOCC1)NCCNc1nccc(C(F)(F)F)n1.I. The molecule has 1 saturated heterocycles. The van der Waals surface area contributed by atoms with E-state index >= 15 is 0 Å². The monoisotopic (exact) mass is 546 g/mol. The molecule has 30 heavy (non-hydrogen) atoms. The number of guanidine groups is 1. The first-order valence-corrected chi connectivity index (χ1v) is 9.73. The van der Waals surface area contributed by atoms with Crippen molar-refractivity contribution in [3.05, 3.63) is 18.0 Å². The molecule has 0 radical (unpaired) electrons. The Morgan fingerprint density at radius 3 is 2.67 bits per heavy atom. The van der Waals surface area contributed by atoms with E-state index in [-0.39, 0.29) is 29.9 Å². The Bertz CT molecular complexity index is 630. The van der Waals surface area contributed by atoms with Gasteiger partial charge in [-0.25, -0.2) is 9.97 Å². The molecule has 12 heteroatoms. The van der Waals surface area contributed by atoms with Gasteiger partial charge in [-0.05, 0) is 31.2 Å². The fourth-order valence-electron chi connectivity index (χ4n) is 2.72. The standard InChI is InChI=1S/C18H29F3N6O2.HI/c1-22-16(23-6-2-10-29-13-14-4-11-28-12-5-14)25-8-9-26-17-24-7-3-15(27-17)18(19,20)21;/h3,7,14H,2,4-6,8-13H2,1H3,(H2,22,23,25)(H,24,26,27);1H. The summed E-state index contributed by atoms with van der Waals surface area (Å²) in [7, 11) is 1.65. The molecule has 2 heterocycles. The molecular formula is C18H30F3IN6O2. The maximum Gasteiger partial charge on any atom is 0.433 e. The van der Waals surface area contributed by atoms with Gasteiger partial charge in [-0.3, -0.25) is 4.99 Å². The quantitative estimate of drug-likeness (QED) is 0.180. The molecule has 1 aromatic rings. The van der Waals surface area contributed by atoms with Gasteiger partial charge >= 0.3 is 6.18 Å². The molecule has 1 aliphatic rings. The van der Waals surface area contributed by atoms with Crippen molar-refractivity contribution in [2.24, 2.45) is 10.9 Å². The second-order valence-electron chi connectivity index (χ2n) is 6.60. The predicted molar refractivity (Wildman–Crippen MR) is 119 cm³/mol. The average molecular weight is 546 g/mol. The van der Waals surface area contributed by atoms with Gasteiger partial charge in [-0.1, -0.05) is 0 Å². The highest BCUT2D eigenvalue weighted by molar-refractivity contribution is 14.0. The summed E-state index contributed by atoms with van der Waals surface area (Å²) < 4.78 is 48.9. The Morgan fingerprint density at radius 1 is 1.23 bits per heavy atom. The molecule has 8 nitrogen and oxygen atoms in total. The third-order valence-corrected chi connectivity index (χ3v) is 4.32. The number of nitrogens with one attached hydrogen (secondary N) is 3. The van der Waals surface area contributed by atoms with E-state index in [0.717, 1.165) is 51.3 Å². The number of hydrogen-bond acceptors (Lipinski definition) is 6. The lowest BCUT2D eigenvalue weighted by molar-refractivity contribution is -0.141. The van der Waals surface area contributed by atoms with Gasteiger partial charge in [0.25, 0.3) is 0 Å². The molecule has 0 aliphatic carbocycles. The minimum absolute atomic E-state index is 0. The maximum atomic E-state index is 12.6. The topological polar surface area (TPSA) is 92.7 Å². The molecule has 0 atom stereocenters. The molecule has 0 bridgehead atoms. The van der Waals surface area contributed by atoms with E-state index in [1.165, 1.54) is 0 Å². The van der Waals surface area contributed by atoms with Gasteiger partial charge in [0.05, 0.1) is 0 Å². The van der Waals surface area contributed by atoms with E-state index < -0.39 is 11.9 Å². The van der Waals surface area contributed by atoms with Crippen molar-refractivity contribution in [2.45, 2.75) is 25.4 Å². The number of aliphatic imine (C=N–C) groups is 1. The van der Waals surface area contributed by atoms with Crippen LogP contribution in [0.3, 0.4) is 0 Å². The van der Waals surface area contributed by atoms with Crippen LogP contribution in [0.2, 0.25) is 0 Å². The number of nitrogens with zero attached hydrogens (tertiary/aromatic N) is 3. The number of ether oxygens (including phenoxy) is 2. The number of rotatable bonds is 10. The molecule has 0 unspecified atom stereocenters. The number of anilines is 1. The highest BCUT2D eigenvalue weighted by atomic mass is 127. The minimum Gasteiger partial charge on any atom is -0.381 e. The number of hydrogen-bond donors (Lipinski definition) is 3. The average Bonchev–Trinajstić information content (AvgIpc) is 2.72. The lowest BCUT2D eigenvalue weighted by Gasteiger charge is -2.21. The summed E-state index contributed by atoms with van der Waals surface area (Å²) >= 11 is 0. The van der Waals surface area contributed by atoms with Gasteiger partial charge in [-0.15, -0.1) is 24.0 Å². The summed E-state index contributed by atoms with van der Waals surface area (Å²) in [5, 5.41) is 8.99. The Morgan fingerprint density at radius 2 is 1.97 bits per heavy atom. The summed E-state index contributed by atoms with van der Waals surface area (Å²) in [6.45, 7) is 4.60. The molecule has 3 N–H and O–H groups in total. The fraction of sp³-hybridized carbons (Fsp3) is 0.722. The van der Waals surface area contributed by atoms with Crippen molar-refractivity contribution in [3.63, 3.8) is 0 Å². The van der Waals surface area contributed by atoms with Crippen LogP contribution in [0.4, 0.5) is 19.1 Å². The molecule has 1 fully saturated rings. The highest BCUT2D eigenvalue weighted by Gasteiger charge is 2.32. The summed E-state index contributed by atoms with van der Waals surface area (Å²) in [6, 6.07) is 0.836. The van der Waals surface area contributed by atoms with Crippen molar-refractivity contribution in [2.75, 3.05) is 58.4 Å². The van der Waals surface area contributed by atoms with Crippen LogP contribution in [0, 0.1) is 5.92 Å². The fourth-order valence-corrected chi connectivity index (χ4v) is 2.72. The summed E-state index contributed by atoms with van der Waals surface area (Å²) in [4.78, 5) is 11.3. The first-order chi connectivity index (χ1) is 14.0. The summed E-state index contributed by atoms with van der Waals surface area (Å²) in [5.74, 6) is 1.15. The van der Waals surface area contributed by atoms with Gasteiger partial charge in [0.1, 0.15) is 5.69 Å². The maximum absolute atomic E-state index is 12.6. The van der Waals surface area contributed by atoms with Crippen LogP contribution < -0.4 is 16.0 Å². The van der Waals surface area contributed by atoms with E-state index in [9.17, 15) is 13.2 Å². The van der Waals surface area contributed by atoms with Crippen LogP contribution >= 0.6 is 24.0 Å². The number of aromatic nitrogens is 2. The van der Waals surface area contributed by atoms with Crippen LogP contribution in [0.5, 0.6) is 0 Å². The largest absolute Gasteiger partial charge is 0.433 e.